The monoisotopic (exact) mass is 327 g/mol. The standard InChI is InChI=1S/C19H15F2NO2/c20-15-7-8-16(17(21)10-15)19(24)22-18(11-23)14-6-5-12-3-1-2-4-13(12)9-14/h1-10,18,23H,11H2,(H,22,24)/t18-/m0/s1. The smallest absolute Gasteiger partial charge is 0.254 e. The Morgan fingerprint density at radius 3 is 2.46 bits per heavy atom. The molecule has 0 unspecified atom stereocenters. The first-order chi connectivity index (χ1) is 11.6. The van der Waals surface area contributed by atoms with Crippen LogP contribution in [0.5, 0.6) is 0 Å². The maximum absolute atomic E-state index is 13.7. The molecule has 3 aromatic carbocycles. The number of fused-ring (bicyclic) bond motifs is 1. The molecule has 0 aliphatic carbocycles. The fourth-order valence-corrected chi connectivity index (χ4v) is 2.57. The highest BCUT2D eigenvalue weighted by molar-refractivity contribution is 5.94. The number of rotatable bonds is 4. The van der Waals surface area contributed by atoms with Gasteiger partial charge >= 0.3 is 0 Å². The minimum absolute atomic E-state index is 0.268. The lowest BCUT2D eigenvalue weighted by atomic mass is 10.0. The first kappa shape index (κ1) is 16.1. The lowest BCUT2D eigenvalue weighted by Crippen LogP contribution is -2.31. The van der Waals surface area contributed by atoms with E-state index in [4.69, 9.17) is 0 Å². The van der Waals surface area contributed by atoms with Gasteiger partial charge < -0.3 is 10.4 Å². The maximum atomic E-state index is 13.7. The Balaban J connectivity index is 1.86. The van der Waals surface area contributed by atoms with E-state index < -0.39 is 23.6 Å². The van der Waals surface area contributed by atoms with E-state index in [9.17, 15) is 18.7 Å². The Bertz CT molecular complexity index is 895. The lowest BCUT2D eigenvalue weighted by Gasteiger charge is -2.17. The highest BCUT2D eigenvalue weighted by atomic mass is 19.1. The second-order valence-electron chi connectivity index (χ2n) is 5.44. The summed E-state index contributed by atoms with van der Waals surface area (Å²) in [6, 6.07) is 15.3. The van der Waals surface area contributed by atoms with Crippen molar-refractivity contribution in [2.24, 2.45) is 0 Å². The predicted octanol–water partition coefficient (Wildman–Crippen LogP) is 3.58. The van der Waals surface area contributed by atoms with E-state index >= 15 is 0 Å². The number of hydrogen-bond acceptors (Lipinski definition) is 2. The first-order valence-corrected chi connectivity index (χ1v) is 7.44. The molecular weight excluding hydrogens is 312 g/mol. The van der Waals surface area contributed by atoms with Crippen LogP contribution in [-0.4, -0.2) is 17.6 Å². The van der Waals surface area contributed by atoms with Crippen molar-refractivity contribution in [3.8, 4) is 0 Å². The van der Waals surface area contributed by atoms with E-state index in [0.717, 1.165) is 22.9 Å². The summed E-state index contributed by atoms with van der Waals surface area (Å²) >= 11 is 0. The average Bonchev–Trinajstić information content (AvgIpc) is 2.59. The van der Waals surface area contributed by atoms with Crippen molar-refractivity contribution >= 4 is 16.7 Å². The molecule has 3 aromatic rings. The van der Waals surface area contributed by atoms with Crippen LogP contribution in [0.15, 0.2) is 60.7 Å². The molecule has 0 saturated heterocycles. The molecule has 1 atom stereocenters. The summed E-state index contributed by atoms with van der Waals surface area (Å²) in [6.45, 7) is -0.340. The number of amides is 1. The zero-order valence-electron chi connectivity index (χ0n) is 12.7. The van der Waals surface area contributed by atoms with E-state index in [0.29, 0.717) is 11.6 Å². The van der Waals surface area contributed by atoms with Gasteiger partial charge in [0.1, 0.15) is 11.6 Å². The number of benzene rings is 3. The molecule has 0 saturated carbocycles. The van der Waals surface area contributed by atoms with Gasteiger partial charge in [0.25, 0.3) is 5.91 Å². The molecule has 0 bridgehead atoms. The van der Waals surface area contributed by atoms with Crippen molar-refractivity contribution in [3.63, 3.8) is 0 Å². The van der Waals surface area contributed by atoms with Gasteiger partial charge in [0.2, 0.25) is 0 Å². The summed E-state index contributed by atoms with van der Waals surface area (Å²) in [7, 11) is 0. The topological polar surface area (TPSA) is 49.3 Å². The largest absolute Gasteiger partial charge is 0.394 e. The van der Waals surface area contributed by atoms with Gasteiger partial charge in [-0.2, -0.15) is 0 Å². The van der Waals surface area contributed by atoms with Gasteiger partial charge in [0, 0.05) is 6.07 Å². The van der Waals surface area contributed by atoms with Gasteiger partial charge in [-0.15, -0.1) is 0 Å². The molecule has 0 aliphatic heterocycles. The fourth-order valence-electron chi connectivity index (χ4n) is 2.57. The van der Waals surface area contributed by atoms with Crippen molar-refractivity contribution in [2.75, 3.05) is 6.61 Å². The molecule has 3 rings (SSSR count). The molecule has 5 heteroatoms. The Kier molecular flexibility index (Phi) is 4.53. The minimum atomic E-state index is -0.942. The Morgan fingerprint density at radius 1 is 1.00 bits per heavy atom. The van der Waals surface area contributed by atoms with Crippen LogP contribution in [0.3, 0.4) is 0 Å². The van der Waals surface area contributed by atoms with Crippen molar-refractivity contribution in [2.45, 2.75) is 6.04 Å². The second kappa shape index (κ2) is 6.76. The molecule has 0 fully saturated rings. The Hall–Kier alpha value is -2.79. The number of hydrogen-bond donors (Lipinski definition) is 2. The van der Waals surface area contributed by atoms with Crippen molar-refractivity contribution in [1.29, 1.82) is 0 Å². The van der Waals surface area contributed by atoms with Crippen molar-refractivity contribution in [1.82, 2.24) is 5.32 Å². The van der Waals surface area contributed by atoms with Crippen LogP contribution in [0.1, 0.15) is 22.0 Å². The summed E-state index contributed by atoms with van der Waals surface area (Å²) in [4.78, 5) is 12.2. The van der Waals surface area contributed by atoms with Gasteiger partial charge in [-0.05, 0) is 34.5 Å². The molecule has 0 spiro atoms. The van der Waals surface area contributed by atoms with Crippen LogP contribution in [-0.2, 0) is 0 Å². The first-order valence-electron chi connectivity index (χ1n) is 7.44. The number of carbonyl (C=O) groups is 1. The lowest BCUT2D eigenvalue weighted by molar-refractivity contribution is 0.0912. The summed E-state index contributed by atoms with van der Waals surface area (Å²) in [5.41, 5.74) is 0.433. The highest BCUT2D eigenvalue weighted by Crippen LogP contribution is 2.21. The predicted molar refractivity (Wildman–Crippen MR) is 87.6 cm³/mol. The second-order valence-corrected chi connectivity index (χ2v) is 5.44. The van der Waals surface area contributed by atoms with Gasteiger partial charge in [-0.25, -0.2) is 8.78 Å². The van der Waals surface area contributed by atoms with Crippen molar-refractivity contribution < 1.29 is 18.7 Å². The molecule has 122 valence electrons. The zero-order chi connectivity index (χ0) is 17.1. The van der Waals surface area contributed by atoms with Gasteiger partial charge in [-0.1, -0.05) is 36.4 Å². The fraction of sp³-hybridized carbons (Fsp3) is 0.105. The third-order valence-electron chi connectivity index (χ3n) is 3.84. The quantitative estimate of drug-likeness (QED) is 0.769. The van der Waals surface area contributed by atoms with Crippen LogP contribution >= 0.6 is 0 Å². The van der Waals surface area contributed by atoms with Gasteiger partial charge in [0.15, 0.2) is 0 Å². The van der Waals surface area contributed by atoms with Crippen LogP contribution < -0.4 is 5.32 Å². The number of nitrogens with one attached hydrogen (secondary N) is 1. The summed E-state index contributed by atoms with van der Waals surface area (Å²) in [6.07, 6.45) is 0. The van der Waals surface area contributed by atoms with Gasteiger partial charge in [-0.3, -0.25) is 4.79 Å². The van der Waals surface area contributed by atoms with E-state index in [-0.39, 0.29) is 12.2 Å². The summed E-state index contributed by atoms with van der Waals surface area (Å²) in [5, 5.41) is 14.2. The van der Waals surface area contributed by atoms with Crippen LogP contribution in [0.2, 0.25) is 0 Å². The van der Waals surface area contributed by atoms with Gasteiger partial charge in [0.05, 0.1) is 18.2 Å². The van der Waals surface area contributed by atoms with E-state index in [2.05, 4.69) is 5.32 Å². The average molecular weight is 327 g/mol. The van der Waals surface area contributed by atoms with Crippen LogP contribution in [0.4, 0.5) is 8.78 Å². The highest BCUT2D eigenvalue weighted by Gasteiger charge is 2.18. The Morgan fingerprint density at radius 2 is 1.75 bits per heavy atom. The molecule has 3 nitrogen and oxygen atoms in total. The number of aliphatic hydroxyl groups excluding tert-OH is 1. The molecule has 0 aromatic heterocycles. The maximum Gasteiger partial charge on any atom is 0.254 e. The molecular formula is C19H15F2NO2. The molecule has 2 N–H and O–H groups in total. The minimum Gasteiger partial charge on any atom is -0.394 e. The number of carbonyl (C=O) groups excluding carboxylic acids is 1. The number of halogens is 2. The summed E-state index contributed by atoms with van der Waals surface area (Å²) in [5.74, 6) is -2.40. The molecule has 24 heavy (non-hydrogen) atoms. The third kappa shape index (κ3) is 3.26. The zero-order valence-corrected chi connectivity index (χ0v) is 12.7. The molecule has 0 aliphatic rings. The van der Waals surface area contributed by atoms with Crippen molar-refractivity contribution in [3.05, 3.63) is 83.4 Å². The molecule has 1 amide bonds. The SMILES string of the molecule is O=C(N[C@@H](CO)c1ccc2ccccc2c1)c1ccc(F)cc1F. The third-order valence-corrected chi connectivity index (χ3v) is 3.84. The van der Waals surface area contributed by atoms with E-state index in [1.807, 2.05) is 36.4 Å². The summed E-state index contributed by atoms with van der Waals surface area (Å²) < 4.78 is 26.6. The molecule has 0 heterocycles. The van der Waals surface area contributed by atoms with Crippen LogP contribution in [0, 0.1) is 11.6 Å². The number of aliphatic hydroxyl groups is 1. The van der Waals surface area contributed by atoms with E-state index in [1.54, 1.807) is 6.07 Å². The van der Waals surface area contributed by atoms with E-state index in [1.165, 1.54) is 0 Å². The molecule has 0 radical (unpaired) electrons. The normalized spacial score (nSPS) is 12.1. The Labute approximate surface area is 137 Å². The van der Waals surface area contributed by atoms with Crippen LogP contribution in [0.25, 0.3) is 10.8 Å².